The topological polar surface area (TPSA) is 61.8 Å². The molecule has 5 nitrogen and oxygen atoms in total. The first-order valence-electron chi connectivity index (χ1n) is 8.62. The molecule has 1 aliphatic heterocycles. The second-order valence-electron chi connectivity index (χ2n) is 6.29. The van der Waals surface area contributed by atoms with Crippen LogP contribution in [-0.2, 0) is 9.84 Å². The van der Waals surface area contributed by atoms with Gasteiger partial charge >= 0.3 is 0 Å². The molecule has 22 heavy (non-hydrogen) atoms. The van der Waals surface area contributed by atoms with Crippen LogP contribution < -0.4 is 5.32 Å². The van der Waals surface area contributed by atoms with Crippen molar-refractivity contribution in [2.75, 3.05) is 38.2 Å². The molecule has 1 fully saturated rings. The maximum Gasteiger partial charge on any atom is 0.193 e. The summed E-state index contributed by atoms with van der Waals surface area (Å²) in [6.07, 6.45) is 5.61. The Hall–Kier alpha value is -0.780. The molecule has 1 N–H and O–H groups in total. The average Bonchev–Trinajstić information content (AvgIpc) is 2.92. The van der Waals surface area contributed by atoms with Crippen molar-refractivity contribution in [1.82, 2.24) is 10.2 Å². The van der Waals surface area contributed by atoms with Gasteiger partial charge in [-0.1, -0.05) is 26.7 Å². The normalized spacial score (nSPS) is 20.0. The highest BCUT2D eigenvalue weighted by Gasteiger charge is 2.29. The lowest BCUT2D eigenvalue weighted by molar-refractivity contribution is 0.319. The van der Waals surface area contributed by atoms with Gasteiger partial charge in [-0.25, -0.2) is 8.42 Å². The molecule has 1 saturated heterocycles. The summed E-state index contributed by atoms with van der Waals surface area (Å²) in [5.74, 6) is 2.73. The Morgan fingerprint density at radius 3 is 2.55 bits per heavy atom. The number of aliphatic imine (C=N–C) groups is 1. The molecule has 1 unspecified atom stereocenters. The summed E-state index contributed by atoms with van der Waals surface area (Å²) in [6, 6.07) is 0. The fourth-order valence-electron chi connectivity index (χ4n) is 3.26. The molecule has 1 atom stereocenters. The van der Waals surface area contributed by atoms with Gasteiger partial charge in [0, 0.05) is 32.4 Å². The second-order valence-corrected chi connectivity index (χ2v) is 8.55. The van der Waals surface area contributed by atoms with Crippen LogP contribution in [0.3, 0.4) is 0 Å². The minimum absolute atomic E-state index is 0.215. The molecule has 0 aromatic heterocycles. The van der Waals surface area contributed by atoms with Gasteiger partial charge in [-0.2, -0.15) is 0 Å². The van der Waals surface area contributed by atoms with Crippen LogP contribution in [-0.4, -0.2) is 57.5 Å². The third kappa shape index (κ3) is 6.55. The first-order chi connectivity index (χ1) is 10.4. The predicted molar refractivity (Wildman–Crippen MR) is 94.1 cm³/mol. The van der Waals surface area contributed by atoms with Gasteiger partial charge in [0.1, 0.15) is 9.84 Å². The number of sulfone groups is 1. The highest BCUT2D eigenvalue weighted by Crippen LogP contribution is 2.28. The van der Waals surface area contributed by atoms with E-state index in [0.717, 1.165) is 37.4 Å². The lowest BCUT2D eigenvalue weighted by Gasteiger charge is -2.24. The number of likely N-dealkylation sites (tertiary alicyclic amines) is 1. The van der Waals surface area contributed by atoms with Gasteiger partial charge in [-0.15, -0.1) is 0 Å². The van der Waals surface area contributed by atoms with Crippen LogP contribution >= 0.6 is 0 Å². The van der Waals surface area contributed by atoms with Crippen LogP contribution in [0.4, 0.5) is 0 Å². The number of hydrogen-bond donors (Lipinski definition) is 1. The summed E-state index contributed by atoms with van der Waals surface area (Å²) in [5, 5.41) is 3.34. The Morgan fingerprint density at radius 2 is 2.00 bits per heavy atom. The Morgan fingerprint density at radius 1 is 1.32 bits per heavy atom. The van der Waals surface area contributed by atoms with E-state index >= 15 is 0 Å². The van der Waals surface area contributed by atoms with Crippen molar-refractivity contribution in [2.45, 2.75) is 46.5 Å². The third-order valence-corrected chi connectivity index (χ3v) is 5.54. The zero-order valence-corrected chi connectivity index (χ0v) is 15.5. The molecule has 0 aromatic carbocycles. The van der Waals surface area contributed by atoms with E-state index in [9.17, 15) is 8.42 Å². The van der Waals surface area contributed by atoms with Crippen LogP contribution in [0, 0.1) is 11.8 Å². The van der Waals surface area contributed by atoms with Gasteiger partial charge in [0.2, 0.25) is 0 Å². The quantitative estimate of drug-likeness (QED) is 0.420. The Labute approximate surface area is 136 Å². The number of hydrogen-bond acceptors (Lipinski definition) is 3. The van der Waals surface area contributed by atoms with E-state index in [2.05, 4.69) is 36.0 Å². The van der Waals surface area contributed by atoms with Crippen LogP contribution in [0.2, 0.25) is 0 Å². The van der Waals surface area contributed by atoms with Gasteiger partial charge in [0.05, 0.1) is 5.75 Å². The SMILES string of the molecule is CCNC(=NCCCS(C)(=O)=O)N1CCC(C(CC)CC)C1. The molecular weight excluding hydrogens is 298 g/mol. The Balaban J connectivity index is 2.56. The predicted octanol–water partition coefficient (Wildman–Crippen LogP) is 2.14. The van der Waals surface area contributed by atoms with Gasteiger partial charge < -0.3 is 10.2 Å². The minimum atomic E-state index is -2.88. The lowest BCUT2D eigenvalue weighted by Crippen LogP contribution is -2.40. The molecule has 0 aromatic rings. The van der Waals surface area contributed by atoms with Crippen LogP contribution in [0.1, 0.15) is 46.5 Å². The Kier molecular flexibility index (Phi) is 8.21. The standard InChI is InChI=1S/C16H33N3O2S/c1-5-14(6-2)15-9-11-19(13-15)16(17-7-3)18-10-8-12-22(4,20)21/h14-15H,5-13H2,1-4H3,(H,17,18). The maximum atomic E-state index is 11.2. The van der Waals surface area contributed by atoms with E-state index < -0.39 is 9.84 Å². The van der Waals surface area contributed by atoms with E-state index in [0.29, 0.717) is 13.0 Å². The van der Waals surface area contributed by atoms with Gasteiger partial charge in [-0.3, -0.25) is 4.99 Å². The summed E-state index contributed by atoms with van der Waals surface area (Å²) in [6.45, 7) is 10.2. The molecule has 0 bridgehead atoms. The molecule has 0 aliphatic carbocycles. The van der Waals surface area contributed by atoms with Crippen molar-refractivity contribution in [3.8, 4) is 0 Å². The van der Waals surface area contributed by atoms with Crippen LogP contribution in [0.5, 0.6) is 0 Å². The minimum Gasteiger partial charge on any atom is -0.357 e. The first-order valence-corrected chi connectivity index (χ1v) is 10.7. The van der Waals surface area contributed by atoms with Crippen molar-refractivity contribution in [1.29, 1.82) is 0 Å². The van der Waals surface area contributed by atoms with E-state index in [1.807, 2.05) is 0 Å². The molecule has 1 heterocycles. The van der Waals surface area contributed by atoms with E-state index in [4.69, 9.17) is 0 Å². The number of rotatable bonds is 8. The van der Waals surface area contributed by atoms with Crippen molar-refractivity contribution in [3.05, 3.63) is 0 Å². The lowest BCUT2D eigenvalue weighted by atomic mass is 9.87. The van der Waals surface area contributed by atoms with Gasteiger partial charge in [-0.05, 0) is 31.6 Å². The highest BCUT2D eigenvalue weighted by atomic mass is 32.2. The molecule has 130 valence electrons. The van der Waals surface area contributed by atoms with Gasteiger partial charge in [0.25, 0.3) is 0 Å². The average molecular weight is 332 g/mol. The zero-order chi connectivity index (χ0) is 16.6. The fraction of sp³-hybridized carbons (Fsp3) is 0.938. The highest BCUT2D eigenvalue weighted by molar-refractivity contribution is 7.90. The zero-order valence-electron chi connectivity index (χ0n) is 14.6. The van der Waals surface area contributed by atoms with E-state index in [-0.39, 0.29) is 5.75 Å². The largest absolute Gasteiger partial charge is 0.357 e. The third-order valence-electron chi connectivity index (χ3n) is 4.51. The summed E-state index contributed by atoms with van der Waals surface area (Å²) >= 11 is 0. The number of nitrogens with one attached hydrogen (secondary N) is 1. The molecule has 0 radical (unpaired) electrons. The summed E-state index contributed by atoms with van der Waals surface area (Å²) < 4.78 is 22.3. The van der Waals surface area contributed by atoms with Crippen LogP contribution in [0.25, 0.3) is 0 Å². The fourth-order valence-corrected chi connectivity index (χ4v) is 3.91. The molecule has 0 amide bonds. The molecule has 6 heteroatoms. The molecular formula is C16H33N3O2S. The van der Waals surface area contributed by atoms with Crippen molar-refractivity contribution in [2.24, 2.45) is 16.8 Å². The summed E-state index contributed by atoms with van der Waals surface area (Å²) in [7, 11) is -2.88. The van der Waals surface area contributed by atoms with E-state index in [1.54, 1.807) is 0 Å². The number of nitrogens with zero attached hydrogens (tertiary/aromatic N) is 2. The van der Waals surface area contributed by atoms with Crippen molar-refractivity contribution >= 4 is 15.8 Å². The maximum absolute atomic E-state index is 11.2. The molecule has 1 aliphatic rings. The van der Waals surface area contributed by atoms with Crippen molar-refractivity contribution in [3.63, 3.8) is 0 Å². The van der Waals surface area contributed by atoms with E-state index in [1.165, 1.54) is 25.5 Å². The smallest absolute Gasteiger partial charge is 0.193 e. The van der Waals surface area contributed by atoms with Crippen LogP contribution in [0.15, 0.2) is 4.99 Å². The Bertz CT molecular complexity index is 444. The molecule has 0 spiro atoms. The molecule has 1 rings (SSSR count). The second kappa shape index (κ2) is 9.38. The summed E-state index contributed by atoms with van der Waals surface area (Å²) in [4.78, 5) is 6.95. The van der Waals surface area contributed by atoms with Gasteiger partial charge in [0.15, 0.2) is 5.96 Å². The monoisotopic (exact) mass is 331 g/mol. The number of guanidine groups is 1. The molecule has 0 saturated carbocycles. The first kappa shape index (κ1) is 19.3. The summed E-state index contributed by atoms with van der Waals surface area (Å²) in [5.41, 5.74) is 0. The van der Waals surface area contributed by atoms with Crippen molar-refractivity contribution < 1.29 is 8.42 Å².